The van der Waals surface area contributed by atoms with Crippen LogP contribution in [0.4, 0.5) is 10.5 Å². The van der Waals surface area contributed by atoms with Gasteiger partial charge in [-0.25, -0.2) is 14.8 Å². The number of carbonyl (C=O) groups is 1. The fourth-order valence-corrected chi connectivity index (χ4v) is 1.25. The number of rotatable bonds is 1. The molecule has 2 heterocycles. The Morgan fingerprint density at radius 1 is 1.47 bits per heavy atom. The van der Waals surface area contributed by atoms with Crippen molar-refractivity contribution >= 4 is 27.6 Å². The zero-order valence-electron chi connectivity index (χ0n) is 7.59. The molecule has 2 rings (SSSR count). The Labute approximate surface area is 94.3 Å². The first-order valence-electron chi connectivity index (χ1n) is 4.16. The summed E-state index contributed by atoms with van der Waals surface area (Å²) in [7, 11) is 0. The molecule has 15 heavy (non-hydrogen) atoms. The number of nitrogens with one attached hydrogen (secondary N) is 1. The lowest BCUT2D eigenvalue weighted by Gasteiger charge is -2.04. The molecule has 1 N–H and O–H groups in total. The van der Waals surface area contributed by atoms with E-state index in [0.29, 0.717) is 5.69 Å². The molecule has 5 nitrogen and oxygen atoms in total. The highest BCUT2D eigenvalue weighted by molar-refractivity contribution is 9.10. The van der Waals surface area contributed by atoms with E-state index in [-0.39, 0.29) is 6.03 Å². The maximum absolute atomic E-state index is 11.5. The number of hydrogen-bond acceptors (Lipinski definition) is 3. The standard InChI is InChI=1S/C9H7BrN4O/c10-8-2-1-7(5-12-8)13-9(15)14-4-3-11-6-14/h1-6H,(H,13,15). The van der Waals surface area contributed by atoms with Crippen LogP contribution in [0, 0.1) is 0 Å². The van der Waals surface area contributed by atoms with Gasteiger partial charge < -0.3 is 5.32 Å². The van der Waals surface area contributed by atoms with Crippen LogP contribution in [0.25, 0.3) is 0 Å². The Hall–Kier alpha value is -1.69. The molecule has 6 heteroatoms. The zero-order chi connectivity index (χ0) is 10.7. The second-order valence-electron chi connectivity index (χ2n) is 2.77. The number of aromatic nitrogens is 3. The molecule has 0 aliphatic rings. The van der Waals surface area contributed by atoms with E-state index in [0.717, 1.165) is 4.60 Å². The SMILES string of the molecule is O=C(Nc1ccc(Br)nc1)n1ccnc1. The van der Waals surface area contributed by atoms with Crippen molar-refractivity contribution in [2.75, 3.05) is 5.32 Å². The van der Waals surface area contributed by atoms with Crippen LogP contribution in [0.2, 0.25) is 0 Å². The molecule has 0 saturated heterocycles. The van der Waals surface area contributed by atoms with Gasteiger partial charge in [-0.15, -0.1) is 0 Å². The molecule has 1 amide bonds. The van der Waals surface area contributed by atoms with Gasteiger partial charge in [-0.1, -0.05) is 0 Å². The predicted octanol–water partition coefficient (Wildman–Crippen LogP) is 2.12. The predicted molar refractivity (Wildman–Crippen MR) is 58.6 cm³/mol. The zero-order valence-corrected chi connectivity index (χ0v) is 9.18. The number of amides is 1. The molecule has 0 radical (unpaired) electrons. The van der Waals surface area contributed by atoms with Crippen molar-refractivity contribution in [1.82, 2.24) is 14.5 Å². The van der Waals surface area contributed by atoms with Gasteiger partial charge in [0, 0.05) is 12.4 Å². The van der Waals surface area contributed by atoms with Crippen LogP contribution in [0.5, 0.6) is 0 Å². The van der Waals surface area contributed by atoms with E-state index in [9.17, 15) is 4.79 Å². The Morgan fingerprint density at radius 3 is 2.93 bits per heavy atom. The van der Waals surface area contributed by atoms with Crippen molar-refractivity contribution in [2.45, 2.75) is 0 Å². The van der Waals surface area contributed by atoms with Crippen LogP contribution < -0.4 is 5.32 Å². The summed E-state index contributed by atoms with van der Waals surface area (Å²) in [4.78, 5) is 19.3. The molecule has 0 aliphatic heterocycles. The summed E-state index contributed by atoms with van der Waals surface area (Å²) in [5.74, 6) is 0. The smallest absolute Gasteiger partial charge is 0.306 e. The first-order chi connectivity index (χ1) is 7.25. The summed E-state index contributed by atoms with van der Waals surface area (Å²) in [6.45, 7) is 0. The quantitative estimate of drug-likeness (QED) is 0.805. The number of anilines is 1. The Morgan fingerprint density at radius 2 is 2.33 bits per heavy atom. The third-order valence-corrected chi connectivity index (χ3v) is 2.19. The summed E-state index contributed by atoms with van der Waals surface area (Å²) in [5.41, 5.74) is 0.636. The van der Waals surface area contributed by atoms with Gasteiger partial charge in [0.1, 0.15) is 10.9 Å². The number of hydrogen-bond donors (Lipinski definition) is 1. The Kier molecular flexibility index (Phi) is 2.77. The van der Waals surface area contributed by atoms with E-state index in [4.69, 9.17) is 0 Å². The van der Waals surface area contributed by atoms with E-state index in [1.165, 1.54) is 10.9 Å². The summed E-state index contributed by atoms with van der Waals surface area (Å²) < 4.78 is 2.07. The molecule has 0 spiro atoms. The van der Waals surface area contributed by atoms with Gasteiger partial charge in [0.2, 0.25) is 0 Å². The van der Waals surface area contributed by atoms with Crippen LogP contribution in [0.1, 0.15) is 0 Å². The minimum absolute atomic E-state index is 0.267. The highest BCUT2D eigenvalue weighted by Gasteiger charge is 2.03. The molecule has 0 unspecified atom stereocenters. The van der Waals surface area contributed by atoms with Gasteiger partial charge in [0.05, 0.1) is 11.9 Å². The van der Waals surface area contributed by atoms with E-state index < -0.39 is 0 Å². The molecule has 2 aromatic heterocycles. The third-order valence-electron chi connectivity index (χ3n) is 1.72. The molecule has 0 fully saturated rings. The van der Waals surface area contributed by atoms with Crippen molar-refractivity contribution in [1.29, 1.82) is 0 Å². The summed E-state index contributed by atoms with van der Waals surface area (Å²) in [6.07, 6.45) is 6.11. The highest BCUT2D eigenvalue weighted by atomic mass is 79.9. The Balaban J connectivity index is 2.09. The number of carbonyl (C=O) groups excluding carboxylic acids is 1. The molecule has 0 saturated carbocycles. The van der Waals surface area contributed by atoms with E-state index in [1.807, 2.05) is 0 Å². The maximum Gasteiger partial charge on any atom is 0.331 e. The fraction of sp³-hybridized carbons (Fsp3) is 0. The average molecular weight is 267 g/mol. The summed E-state index contributed by atoms with van der Waals surface area (Å²) in [6, 6.07) is 3.24. The highest BCUT2D eigenvalue weighted by Crippen LogP contribution is 2.10. The van der Waals surface area contributed by atoms with Gasteiger partial charge in [-0.2, -0.15) is 0 Å². The van der Waals surface area contributed by atoms with Gasteiger partial charge >= 0.3 is 6.03 Å². The first-order valence-corrected chi connectivity index (χ1v) is 4.96. The molecular weight excluding hydrogens is 260 g/mol. The van der Waals surface area contributed by atoms with Crippen molar-refractivity contribution in [2.24, 2.45) is 0 Å². The lowest BCUT2D eigenvalue weighted by atomic mass is 10.4. The number of pyridine rings is 1. The van der Waals surface area contributed by atoms with E-state index >= 15 is 0 Å². The first kappa shape index (κ1) is 9.85. The molecule has 0 aromatic carbocycles. The molecule has 2 aromatic rings. The summed E-state index contributed by atoms with van der Waals surface area (Å²) >= 11 is 3.21. The van der Waals surface area contributed by atoms with Crippen LogP contribution in [-0.2, 0) is 0 Å². The minimum Gasteiger partial charge on any atom is -0.306 e. The topological polar surface area (TPSA) is 59.8 Å². The van der Waals surface area contributed by atoms with Crippen molar-refractivity contribution in [3.8, 4) is 0 Å². The molecule has 76 valence electrons. The van der Waals surface area contributed by atoms with Crippen LogP contribution in [-0.4, -0.2) is 20.6 Å². The van der Waals surface area contributed by atoms with Crippen LogP contribution in [0.3, 0.4) is 0 Å². The van der Waals surface area contributed by atoms with Gasteiger partial charge in [0.25, 0.3) is 0 Å². The van der Waals surface area contributed by atoms with Gasteiger partial charge in [-0.05, 0) is 28.1 Å². The number of halogens is 1. The van der Waals surface area contributed by atoms with E-state index in [2.05, 4.69) is 31.2 Å². The second kappa shape index (κ2) is 4.22. The lowest BCUT2D eigenvalue weighted by Crippen LogP contribution is -2.17. The number of nitrogens with zero attached hydrogens (tertiary/aromatic N) is 3. The molecule has 0 bridgehead atoms. The Bertz CT molecular complexity index is 451. The largest absolute Gasteiger partial charge is 0.331 e. The number of imidazole rings is 1. The van der Waals surface area contributed by atoms with Crippen LogP contribution >= 0.6 is 15.9 Å². The monoisotopic (exact) mass is 266 g/mol. The van der Waals surface area contributed by atoms with Crippen molar-refractivity contribution in [3.05, 3.63) is 41.7 Å². The fourth-order valence-electron chi connectivity index (χ4n) is 1.02. The lowest BCUT2D eigenvalue weighted by molar-refractivity contribution is 0.253. The molecule has 0 atom stereocenters. The second-order valence-corrected chi connectivity index (χ2v) is 3.58. The van der Waals surface area contributed by atoms with E-state index in [1.54, 1.807) is 30.7 Å². The van der Waals surface area contributed by atoms with Gasteiger partial charge in [0.15, 0.2) is 0 Å². The van der Waals surface area contributed by atoms with Gasteiger partial charge in [-0.3, -0.25) is 4.57 Å². The summed E-state index contributed by atoms with van der Waals surface area (Å²) in [5, 5.41) is 2.67. The third kappa shape index (κ3) is 2.41. The normalized spacial score (nSPS) is 9.93. The van der Waals surface area contributed by atoms with Crippen LogP contribution in [0.15, 0.2) is 41.7 Å². The molecular formula is C9H7BrN4O. The molecule has 0 aliphatic carbocycles. The minimum atomic E-state index is -0.267. The maximum atomic E-state index is 11.5. The van der Waals surface area contributed by atoms with Crippen molar-refractivity contribution < 1.29 is 4.79 Å². The van der Waals surface area contributed by atoms with Crippen molar-refractivity contribution in [3.63, 3.8) is 0 Å². The average Bonchev–Trinajstić information content (AvgIpc) is 2.74.